The van der Waals surface area contributed by atoms with E-state index in [1.165, 1.54) is 12.7 Å². The van der Waals surface area contributed by atoms with E-state index in [9.17, 15) is 8.42 Å². The zero-order valence-corrected chi connectivity index (χ0v) is 10.7. The lowest BCUT2D eigenvalue weighted by molar-refractivity contribution is 0.271. The molecule has 2 heterocycles. The average Bonchev–Trinajstić information content (AvgIpc) is 2.30. The van der Waals surface area contributed by atoms with Crippen molar-refractivity contribution in [1.82, 2.24) is 9.99 Å². The molecule has 0 bridgehead atoms. The highest BCUT2D eigenvalue weighted by Crippen LogP contribution is 2.19. The maximum absolute atomic E-state index is 11.6. The van der Waals surface area contributed by atoms with Gasteiger partial charge in [-0.25, -0.2) is 18.4 Å². The molecule has 6 heteroatoms. The third-order valence-electron chi connectivity index (χ3n) is 2.79. The zero-order valence-electron chi connectivity index (χ0n) is 9.89. The highest BCUT2D eigenvalue weighted by Gasteiger charge is 2.17. The van der Waals surface area contributed by atoms with E-state index in [1.807, 2.05) is 5.01 Å². The molecule has 94 valence electrons. The van der Waals surface area contributed by atoms with Gasteiger partial charge in [-0.1, -0.05) is 6.42 Å². The van der Waals surface area contributed by atoms with Crippen LogP contribution in [0.25, 0.3) is 0 Å². The van der Waals surface area contributed by atoms with Gasteiger partial charge in [-0.15, -0.1) is 0 Å². The third kappa shape index (κ3) is 3.17. The minimum atomic E-state index is -3.24. The summed E-state index contributed by atoms with van der Waals surface area (Å²) >= 11 is 0. The van der Waals surface area contributed by atoms with Crippen molar-refractivity contribution in [2.75, 3.05) is 24.8 Å². The van der Waals surface area contributed by atoms with Gasteiger partial charge in [0, 0.05) is 25.5 Å². The molecule has 1 aromatic rings. The fraction of sp³-hybridized carbons (Fsp3) is 0.545. The number of piperidine rings is 1. The zero-order chi connectivity index (χ0) is 12.3. The van der Waals surface area contributed by atoms with Crippen LogP contribution >= 0.6 is 0 Å². The largest absolute Gasteiger partial charge is 0.302 e. The molecular weight excluding hydrogens is 238 g/mol. The summed E-state index contributed by atoms with van der Waals surface area (Å²) < 4.78 is 23.2. The van der Waals surface area contributed by atoms with Crippen molar-refractivity contribution in [3.8, 4) is 0 Å². The molecule has 0 spiro atoms. The van der Waals surface area contributed by atoms with E-state index in [4.69, 9.17) is 0 Å². The molecule has 0 aliphatic carbocycles. The van der Waals surface area contributed by atoms with Crippen molar-refractivity contribution in [2.24, 2.45) is 0 Å². The number of pyridine rings is 1. The van der Waals surface area contributed by atoms with Crippen LogP contribution in [0, 0.1) is 0 Å². The Kier molecular flexibility index (Phi) is 3.63. The molecule has 5 nitrogen and oxygen atoms in total. The van der Waals surface area contributed by atoms with E-state index in [2.05, 4.69) is 10.4 Å². The highest BCUT2D eigenvalue weighted by molar-refractivity contribution is 7.90. The van der Waals surface area contributed by atoms with Gasteiger partial charge in [0.25, 0.3) is 0 Å². The second-order valence-electron chi connectivity index (χ2n) is 4.28. The Balaban J connectivity index is 2.20. The van der Waals surface area contributed by atoms with E-state index >= 15 is 0 Å². The number of hydrogen-bond donors (Lipinski definition) is 1. The molecule has 0 unspecified atom stereocenters. The van der Waals surface area contributed by atoms with Crippen molar-refractivity contribution in [2.45, 2.75) is 24.2 Å². The van der Waals surface area contributed by atoms with Gasteiger partial charge in [-0.3, -0.25) is 0 Å². The van der Waals surface area contributed by atoms with E-state index < -0.39 is 9.84 Å². The summed E-state index contributed by atoms with van der Waals surface area (Å²) in [6.07, 6.45) is 6.30. The number of anilines is 1. The number of nitrogens with one attached hydrogen (secondary N) is 1. The first-order valence-electron chi connectivity index (χ1n) is 5.74. The fourth-order valence-corrected chi connectivity index (χ4v) is 2.70. The Bertz CT molecular complexity index is 481. The number of rotatable bonds is 3. The van der Waals surface area contributed by atoms with E-state index in [0.29, 0.717) is 5.82 Å². The van der Waals surface area contributed by atoms with Crippen molar-refractivity contribution in [3.05, 3.63) is 18.3 Å². The molecule has 1 aromatic heterocycles. The molecule has 1 aliphatic heterocycles. The summed E-state index contributed by atoms with van der Waals surface area (Å²) in [6.45, 7) is 1.86. The van der Waals surface area contributed by atoms with Crippen LogP contribution < -0.4 is 5.43 Å². The van der Waals surface area contributed by atoms with Gasteiger partial charge in [0.05, 0.1) is 0 Å². The molecular formula is C11H17N3O2S. The Hall–Kier alpha value is -1.14. The van der Waals surface area contributed by atoms with E-state index in [1.54, 1.807) is 18.3 Å². The maximum atomic E-state index is 11.6. The molecule has 1 aliphatic rings. The smallest absolute Gasteiger partial charge is 0.179 e. The molecule has 17 heavy (non-hydrogen) atoms. The Labute approximate surface area is 102 Å². The lowest BCUT2D eigenvalue weighted by atomic mass is 10.2. The Morgan fingerprint density at radius 1 is 1.29 bits per heavy atom. The number of nitrogens with zero attached hydrogens (tertiary/aromatic N) is 2. The van der Waals surface area contributed by atoms with E-state index in [0.717, 1.165) is 25.9 Å². The molecule has 1 N–H and O–H groups in total. The molecule has 0 aromatic carbocycles. The quantitative estimate of drug-likeness (QED) is 0.882. The number of sulfone groups is 1. The molecule has 0 amide bonds. The highest BCUT2D eigenvalue weighted by atomic mass is 32.2. The monoisotopic (exact) mass is 255 g/mol. The summed E-state index contributed by atoms with van der Waals surface area (Å²) in [5.41, 5.74) is 3.10. The number of hydrazine groups is 1. The van der Waals surface area contributed by atoms with Crippen molar-refractivity contribution >= 4 is 15.7 Å². The summed E-state index contributed by atoms with van der Waals surface area (Å²) in [5.74, 6) is 0.428. The molecule has 1 saturated heterocycles. The maximum Gasteiger partial charge on any atom is 0.179 e. The van der Waals surface area contributed by atoms with Gasteiger partial charge in [0.2, 0.25) is 0 Å². The third-order valence-corrected chi connectivity index (χ3v) is 3.92. The van der Waals surface area contributed by atoms with Crippen molar-refractivity contribution < 1.29 is 8.42 Å². The summed E-state index contributed by atoms with van der Waals surface area (Å²) in [7, 11) is -3.24. The average molecular weight is 255 g/mol. The molecule has 1 fully saturated rings. The van der Waals surface area contributed by atoms with Gasteiger partial charge < -0.3 is 5.43 Å². The SMILES string of the molecule is CS(=O)(=O)c1cccnc1NN1CCCCC1. The van der Waals surface area contributed by atoms with Crippen LogP contribution in [0.1, 0.15) is 19.3 Å². The lowest BCUT2D eigenvalue weighted by Crippen LogP contribution is -2.35. The first-order valence-corrected chi connectivity index (χ1v) is 7.63. The predicted octanol–water partition coefficient (Wildman–Crippen LogP) is 1.30. The fourth-order valence-electron chi connectivity index (χ4n) is 1.93. The summed E-state index contributed by atoms with van der Waals surface area (Å²) in [6, 6.07) is 3.21. The summed E-state index contributed by atoms with van der Waals surface area (Å²) in [5, 5.41) is 2.03. The standard InChI is InChI=1S/C11H17N3O2S/c1-17(15,16)10-6-5-7-12-11(10)13-14-8-3-2-4-9-14/h5-7H,2-4,8-9H2,1H3,(H,12,13). The van der Waals surface area contributed by atoms with Crippen LogP contribution in [-0.2, 0) is 9.84 Å². The second kappa shape index (κ2) is 5.01. The molecule has 0 saturated carbocycles. The van der Waals surface area contributed by atoms with E-state index in [-0.39, 0.29) is 4.90 Å². The minimum absolute atomic E-state index is 0.255. The minimum Gasteiger partial charge on any atom is -0.302 e. The topological polar surface area (TPSA) is 62.3 Å². The first kappa shape index (κ1) is 12.3. The number of aromatic nitrogens is 1. The van der Waals surface area contributed by atoms with Gasteiger partial charge in [-0.05, 0) is 25.0 Å². The van der Waals surface area contributed by atoms with Crippen molar-refractivity contribution in [3.63, 3.8) is 0 Å². The first-order chi connectivity index (χ1) is 8.07. The van der Waals surface area contributed by atoms with Crippen LogP contribution in [0.2, 0.25) is 0 Å². The van der Waals surface area contributed by atoms with Crippen LogP contribution in [0.3, 0.4) is 0 Å². The normalized spacial score (nSPS) is 17.9. The van der Waals surface area contributed by atoms with Gasteiger partial charge in [0.1, 0.15) is 4.90 Å². The second-order valence-corrected chi connectivity index (χ2v) is 6.27. The molecule has 0 atom stereocenters. The summed E-state index contributed by atoms with van der Waals surface area (Å²) in [4.78, 5) is 4.36. The lowest BCUT2D eigenvalue weighted by Gasteiger charge is -2.27. The van der Waals surface area contributed by atoms with Crippen LogP contribution in [-0.4, -0.2) is 37.8 Å². The molecule has 0 radical (unpaired) electrons. The Morgan fingerprint density at radius 2 is 2.00 bits per heavy atom. The Morgan fingerprint density at radius 3 is 2.65 bits per heavy atom. The number of hydrogen-bond acceptors (Lipinski definition) is 5. The van der Waals surface area contributed by atoms with Gasteiger partial charge >= 0.3 is 0 Å². The van der Waals surface area contributed by atoms with Crippen molar-refractivity contribution in [1.29, 1.82) is 0 Å². The van der Waals surface area contributed by atoms with Gasteiger partial charge in [0.15, 0.2) is 15.7 Å². The van der Waals surface area contributed by atoms with Gasteiger partial charge in [-0.2, -0.15) is 0 Å². The van der Waals surface area contributed by atoms with Crippen LogP contribution in [0.15, 0.2) is 23.2 Å². The predicted molar refractivity (Wildman–Crippen MR) is 66.4 cm³/mol. The molecule has 2 rings (SSSR count). The van der Waals surface area contributed by atoms with Crippen LogP contribution in [0.5, 0.6) is 0 Å². The van der Waals surface area contributed by atoms with Crippen LogP contribution in [0.4, 0.5) is 5.82 Å².